The number of urea groups is 1. The van der Waals surface area contributed by atoms with Crippen LogP contribution in [0, 0.1) is 5.92 Å². The molecule has 14 rings (SSSR count). The number of halogens is 9. The van der Waals surface area contributed by atoms with Crippen LogP contribution in [-0.4, -0.2) is 231 Å². The number of ether oxygens (including phenoxy) is 8. The second-order valence-electron chi connectivity index (χ2n) is 31.3. The third-order valence-electron chi connectivity index (χ3n) is 21.8. The molecule has 7 aliphatic rings. The van der Waals surface area contributed by atoms with E-state index in [2.05, 4.69) is 53.2 Å². The predicted molar refractivity (Wildman–Crippen MR) is 446 cm³/mol. The number of phenols is 3. The van der Waals surface area contributed by atoms with Crippen LogP contribution in [0.1, 0.15) is 106 Å². The monoisotopic (exact) mass is 1930 g/mol. The number of hydrogen-bond donors (Lipinski definition) is 21. The number of benzene rings is 7. The van der Waals surface area contributed by atoms with Crippen molar-refractivity contribution in [2.24, 2.45) is 17.4 Å². The van der Waals surface area contributed by atoms with Crippen LogP contribution in [0.5, 0.6) is 46.0 Å². The molecular formula is C84H85Cl3F6N12O28. The fraction of sp³-hybridized carbons (Fsp3) is 0.369. The maximum absolute atomic E-state index is 16.2. The SMILES string of the molecule is CN[C@H](CC(C)C)C(=O)N[C@H]1C(=O)N[C@@H](CC(N)=O)C(=O)N[C@H]2C(=O)N[C@H]3C(=O)N[C@H](C(=O)N[C@H](C(=O)O)c4cc(O)cc(O)c4-c4cc3ccc4O)[C@H](O)c3ccc(c(Cl)c3)Oc3cc2cc(c3OCCOC2OC(C(N)=O)C(OC)C(NC(=O)Nc3ccc(Cl)c(C(F)(F)F)c3)C2OC2OC(CO)C(O)C(O)C2NC(=O)c2cccc(C(F)(F)F)c2)Oc2ccc(cc2Cl)[C@H]1O. The molecule has 11 bridgehead atoms. The van der Waals surface area contributed by atoms with Gasteiger partial charge in [-0.3, -0.25) is 43.2 Å². The molecule has 7 aliphatic heterocycles. The molecule has 0 radical (unpaired) electrons. The zero-order chi connectivity index (χ0) is 97.0. The average molecular weight is 1930 g/mol. The first-order valence-corrected chi connectivity index (χ1v) is 41.2. The number of primary amides is 2. The van der Waals surface area contributed by atoms with Crippen molar-refractivity contribution in [2.45, 2.75) is 155 Å². The van der Waals surface area contributed by atoms with Crippen LogP contribution in [-0.2, 0) is 79.2 Å². The van der Waals surface area contributed by atoms with Crippen LogP contribution in [0.4, 0.5) is 36.8 Å². The maximum atomic E-state index is 16.2. The van der Waals surface area contributed by atoms with E-state index in [1.807, 2.05) is 0 Å². The van der Waals surface area contributed by atoms with E-state index >= 15 is 14.4 Å². The first-order valence-electron chi connectivity index (χ1n) is 40.1. The Morgan fingerprint density at radius 3 is 1.85 bits per heavy atom. The highest BCUT2D eigenvalue weighted by molar-refractivity contribution is 6.32. The number of aliphatic hydroxyl groups is 5. The van der Waals surface area contributed by atoms with Gasteiger partial charge in [-0.25, -0.2) is 9.59 Å². The molecule has 7 aromatic rings. The predicted octanol–water partition coefficient (Wildman–Crippen LogP) is 3.81. The average Bonchev–Trinajstić information content (AvgIpc) is 0.755. The number of amides is 11. The summed E-state index contributed by atoms with van der Waals surface area (Å²) in [7, 11) is 2.35. The van der Waals surface area contributed by atoms with Gasteiger partial charge in [0.25, 0.3) is 5.91 Å². The van der Waals surface area contributed by atoms with Crippen molar-refractivity contribution in [3.05, 3.63) is 181 Å². The number of hydrogen-bond acceptors (Lipinski definition) is 28. The van der Waals surface area contributed by atoms with Gasteiger partial charge in [0.05, 0.1) is 57.9 Å². The lowest BCUT2D eigenvalue weighted by atomic mass is 9.89. The van der Waals surface area contributed by atoms with E-state index in [0.29, 0.717) is 18.2 Å². The lowest BCUT2D eigenvalue weighted by Crippen LogP contribution is -2.71. The zero-order valence-electron chi connectivity index (χ0n) is 69.5. The van der Waals surface area contributed by atoms with Gasteiger partial charge in [0.2, 0.25) is 53.0 Å². The van der Waals surface area contributed by atoms with Gasteiger partial charge in [-0.1, -0.05) is 72.9 Å². The maximum Gasteiger partial charge on any atom is 0.417 e. The molecule has 0 saturated carbocycles. The third-order valence-corrected chi connectivity index (χ3v) is 22.7. The van der Waals surface area contributed by atoms with Crippen LogP contribution in [0.25, 0.3) is 11.1 Å². The molecule has 7 aromatic carbocycles. The van der Waals surface area contributed by atoms with Gasteiger partial charge in [-0.2, -0.15) is 26.3 Å². The summed E-state index contributed by atoms with van der Waals surface area (Å²) in [4.78, 5) is 160. The van der Waals surface area contributed by atoms with Gasteiger partial charge in [0, 0.05) is 41.1 Å². The Morgan fingerprint density at radius 1 is 0.609 bits per heavy atom. The lowest BCUT2D eigenvalue weighted by molar-refractivity contribution is -0.336. The number of aromatic hydroxyl groups is 3. The minimum absolute atomic E-state index is 0.136. The molecule has 11 amide bonds. The van der Waals surface area contributed by atoms with Crippen LogP contribution >= 0.6 is 34.8 Å². The topological polar surface area (TPSA) is 616 Å². The minimum Gasteiger partial charge on any atom is -0.508 e. The molecule has 712 valence electrons. The van der Waals surface area contributed by atoms with Gasteiger partial charge in [0.1, 0.15) is 114 Å². The minimum atomic E-state index is -5.12. The summed E-state index contributed by atoms with van der Waals surface area (Å²) < 4.78 is 135. The molecule has 133 heavy (non-hydrogen) atoms. The van der Waals surface area contributed by atoms with Crippen molar-refractivity contribution in [3.8, 4) is 57.1 Å². The molecular weight excluding hydrogens is 1850 g/mol. The quantitative estimate of drug-likeness (QED) is 0.0339. The number of likely N-dealkylation sites (N-methyl/N-ethyl adjacent to an activating group) is 1. The molecule has 2 fully saturated rings. The van der Waals surface area contributed by atoms with Gasteiger partial charge < -0.3 is 148 Å². The molecule has 2 saturated heterocycles. The zero-order valence-corrected chi connectivity index (χ0v) is 71.7. The summed E-state index contributed by atoms with van der Waals surface area (Å²) in [5.74, 6) is -20.1. The van der Waals surface area contributed by atoms with Crippen molar-refractivity contribution in [3.63, 3.8) is 0 Å². The second-order valence-corrected chi connectivity index (χ2v) is 32.5. The highest BCUT2D eigenvalue weighted by Gasteiger charge is 2.55. The second kappa shape index (κ2) is 41.2. The highest BCUT2D eigenvalue weighted by Crippen LogP contribution is 2.50. The smallest absolute Gasteiger partial charge is 0.417 e. The van der Waals surface area contributed by atoms with Gasteiger partial charge in [-0.05, 0) is 133 Å². The summed E-state index contributed by atoms with van der Waals surface area (Å²) in [5.41, 5.74) is 4.19. The first kappa shape index (κ1) is 99.3. The van der Waals surface area contributed by atoms with Crippen LogP contribution in [0.2, 0.25) is 15.1 Å². The van der Waals surface area contributed by atoms with Crippen molar-refractivity contribution < 1.29 is 163 Å². The number of carbonyl (C=O) groups excluding carboxylic acids is 10. The lowest BCUT2D eigenvalue weighted by Gasteiger charge is -2.48. The number of alkyl halides is 6. The molecule has 10 unspecified atom stereocenters. The number of rotatable bonds is 22. The number of aliphatic carboxylic acids is 1. The van der Waals surface area contributed by atoms with E-state index in [-0.39, 0.29) is 23.5 Å². The standard InChI is InChI=1S/C84H85Cl3F6N12O28/c1-30(2)18-45(96-3)73(117)102-59-63(111)32-9-14-49(43(86)21-32)129-51-23-35-24-52(130-50-15-10-33(22-44(50)87)64(112)60-78(122)101-58(79(123)124)40-26-38(107)27-48(109)55(40)39-20-31(8-13-47(39)108)56(75(119)103-60)100-76(120)57(35)99-74(118)46(28-54(94)110)98-77(59)121)67(51)127-16-17-128-81-69(62(68(126-4)70(133-81)71(95)115)105-82(125)97-37-11-12-42(85)41(25-37)84(91,92)93)132-80-61(66(114)65(113)53(29-106)131-80)104-72(116)34-6-5-7-36(19-34)83(88,89)90/h5-15,19-27,30,45-46,53,56-66,68-70,80-81,96,106-109,111-114H,16-18,28-29H2,1-4H3,(H2,94,110)(H2,95,115)(H,98,121)(H,99,118)(H,100,120)(H,101,122)(H,102,117)(H,103,119)(H,104,116)(H,123,124)(H2,97,105,125)/t45-,46+,53?,56-,57-,58+,59-,60+,61?,62?,63-,64-,65?,66?,68?,69?,70?,80?,81?/m1/s1. The highest BCUT2D eigenvalue weighted by atomic mass is 35.5. The number of carboxylic acids is 1. The Kier molecular flexibility index (Phi) is 30.8. The molecule has 0 spiro atoms. The fourth-order valence-corrected chi connectivity index (χ4v) is 16.0. The Morgan fingerprint density at radius 2 is 1.25 bits per heavy atom. The van der Waals surface area contributed by atoms with E-state index in [4.69, 9.17) is 84.2 Å². The van der Waals surface area contributed by atoms with E-state index in [1.165, 1.54) is 7.05 Å². The van der Waals surface area contributed by atoms with E-state index in [1.54, 1.807) is 13.8 Å². The number of carbonyl (C=O) groups is 11. The largest absolute Gasteiger partial charge is 0.508 e. The normalized spacial score (nSPS) is 25.3. The Bertz CT molecular complexity index is 5680. The summed E-state index contributed by atoms with van der Waals surface area (Å²) >= 11 is 20.1. The molecule has 0 aliphatic carbocycles. The van der Waals surface area contributed by atoms with Crippen LogP contribution < -0.4 is 78.8 Å². The number of nitrogens with two attached hydrogens (primary N) is 2. The number of nitrogens with one attached hydrogen (secondary N) is 10. The van der Waals surface area contributed by atoms with Gasteiger partial charge in [-0.15, -0.1) is 0 Å². The number of fused-ring (bicyclic) bond motifs is 15. The van der Waals surface area contributed by atoms with E-state index in [9.17, 15) is 111 Å². The third kappa shape index (κ3) is 22.5. The van der Waals surface area contributed by atoms with Crippen LogP contribution in [0.3, 0.4) is 0 Å². The molecule has 49 heteroatoms. The Labute approximate surface area is 762 Å². The first-order chi connectivity index (χ1) is 62.7. The van der Waals surface area contributed by atoms with Crippen molar-refractivity contribution in [1.29, 1.82) is 0 Å². The van der Waals surface area contributed by atoms with Crippen LogP contribution in [0.15, 0.2) is 121 Å². The Balaban J connectivity index is 1.03. The molecule has 23 N–H and O–H groups in total. The summed E-state index contributed by atoms with van der Waals surface area (Å²) in [6, 6.07) is -3.09. The molecule has 19 atom stereocenters. The number of aliphatic hydroxyl groups excluding tert-OH is 5. The fourth-order valence-electron chi connectivity index (χ4n) is 15.3. The summed E-state index contributed by atoms with van der Waals surface area (Å²) in [6.45, 7) is 0.408. The van der Waals surface area contributed by atoms with E-state index in [0.717, 1.165) is 110 Å². The van der Waals surface area contributed by atoms with Gasteiger partial charge >= 0.3 is 24.4 Å². The summed E-state index contributed by atoms with van der Waals surface area (Å²) in [5, 5.41) is 125. The number of methoxy groups -OCH3 is 1. The molecule has 40 nitrogen and oxygen atoms in total. The van der Waals surface area contributed by atoms with Crippen molar-refractivity contribution >= 4 is 106 Å². The number of phenolic OH excluding ortho intramolecular Hbond substituents is 3. The van der Waals surface area contributed by atoms with Gasteiger partial charge in [0.15, 0.2) is 36.2 Å². The molecule has 7 heterocycles. The van der Waals surface area contributed by atoms with E-state index < -0.39 is 331 Å². The number of carboxylic acid groups (broad SMARTS) is 1. The Hall–Kier alpha value is -12.7. The van der Waals surface area contributed by atoms with Crippen molar-refractivity contribution in [2.75, 3.05) is 39.3 Å². The van der Waals surface area contributed by atoms with Crippen molar-refractivity contribution in [1.82, 2.24) is 47.9 Å². The summed E-state index contributed by atoms with van der Waals surface area (Å²) in [6.07, 6.45) is -33.1. The number of anilines is 1. The molecule has 0 aromatic heterocycles.